The molecule has 0 heterocycles. The second-order valence-electron chi connectivity index (χ2n) is 7.20. The molecule has 0 aliphatic carbocycles. The second kappa shape index (κ2) is 10.5. The van der Waals surface area contributed by atoms with Gasteiger partial charge in [0.25, 0.3) is 0 Å². The minimum atomic E-state index is 0.504. The number of benzene rings is 3. The molecule has 1 N–H and O–H groups in total. The van der Waals surface area contributed by atoms with Crippen LogP contribution in [0.15, 0.2) is 65.1 Å². The van der Waals surface area contributed by atoms with Crippen molar-refractivity contribution < 1.29 is 9.47 Å². The predicted molar refractivity (Wildman–Crippen MR) is 123 cm³/mol. The molecule has 29 heavy (non-hydrogen) atoms. The Morgan fingerprint density at radius 1 is 0.759 bits per heavy atom. The molecular formula is C25H28BrNO2. The Morgan fingerprint density at radius 2 is 1.34 bits per heavy atom. The molecule has 0 radical (unpaired) electrons. The van der Waals surface area contributed by atoms with E-state index in [-0.39, 0.29) is 0 Å². The predicted octanol–water partition coefficient (Wildman–Crippen LogP) is 6.33. The second-order valence-corrected chi connectivity index (χ2v) is 8.06. The molecule has 0 aliphatic rings. The quantitative estimate of drug-likeness (QED) is 0.410. The van der Waals surface area contributed by atoms with Crippen molar-refractivity contribution in [2.75, 3.05) is 6.61 Å². The Balaban J connectivity index is 1.66. The van der Waals surface area contributed by atoms with Gasteiger partial charge in [-0.3, -0.25) is 0 Å². The van der Waals surface area contributed by atoms with E-state index in [4.69, 9.17) is 9.47 Å². The van der Waals surface area contributed by atoms with Gasteiger partial charge in [0.2, 0.25) is 0 Å². The van der Waals surface area contributed by atoms with Gasteiger partial charge in [-0.2, -0.15) is 0 Å². The van der Waals surface area contributed by atoms with Crippen LogP contribution < -0.4 is 14.8 Å². The van der Waals surface area contributed by atoms with Gasteiger partial charge in [0.05, 0.1) is 11.1 Å². The van der Waals surface area contributed by atoms with Crippen molar-refractivity contribution in [3.05, 3.63) is 93.0 Å². The third-order valence-electron chi connectivity index (χ3n) is 4.65. The highest BCUT2D eigenvalue weighted by molar-refractivity contribution is 9.10. The summed E-state index contributed by atoms with van der Waals surface area (Å²) in [7, 11) is 0. The van der Waals surface area contributed by atoms with Crippen LogP contribution in [0.5, 0.6) is 11.5 Å². The van der Waals surface area contributed by atoms with Crippen molar-refractivity contribution in [2.45, 2.75) is 40.5 Å². The monoisotopic (exact) mass is 453 g/mol. The number of nitrogens with one attached hydrogen (secondary N) is 1. The zero-order valence-corrected chi connectivity index (χ0v) is 18.9. The van der Waals surface area contributed by atoms with E-state index < -0.39 is 0 Å². The smallest absolute Gasteiger partial charge is 0.175 e. The van der Waals surface area contributed by atoms with Gasteiger partial charge >= 0.3 is 0 Å². The van der Waals surface area contributed by atoms with Gasteiger partial charge in [-0.25, -0.2) is 0 Å². The van der Waals surface area contributed by atoms with Crippen molar-refractivity contribution in [3.8, 4) is 11.5 Å². The molecule has 0 unspecified atom stereocenters. The number of halogens is 1. The Bertz CT molecular complexity index is 921. The average Bonchev–Trinajstić information content (AvgIpc) is 2.70. The molecule has 3 aromatic rings. The average molecular weight is 454 g/mol. The standard InChI is InChI=1S/C25H28BrNO2/c1-4-28-24-14-22(16-27-15-20-9-5-18(2)6-10-20)13-23(26)25(24)29-17-21-11-7-19(3)8-12-21/h5-14,27H,4,15-17H2,1-3H3. The molecule has 0 amide bonds. The Labute approximate surface area is 182 Å². The third kappa shape index (κ3) is 6.34. The van der Waals surface area contributed by atoms with E-state index in [0.717, 1.165) is 40.2 Å². The first-order chi connectivity index (χ1) is 14.0. The van der Waals surface area contributed by atoms with E-state index in [1.165, 1.54) is 16.7 Å². The van der Waals surface area contributed by atoms with Crippen molar-refractivity contribution in [1.29, 1.82) is 0 Å². The number of ether oxygens (including phenoxy) is 2. The fraction of sp³-hybridized carbons (Fsp3) is 0.280. The first kappa shape index (κ1) is 21.4. The van der Waals surface area contributed by atoms with Crippen molar-refractivity contribution >= 4 is 15.9 Å². The zero-order chi connectivity index (χ0) is 20.6. The summed E-state index contributed by atoms with van der Waals surface area (Å²) in [4.78, 5) is 0. The van der Waals surface area contributed by atoms with Gasteiger partial charge < -0.3 is 14.8 Å². The van der Waals surface area contributed by atoms with Crippen LogP contribution in [0, 0.1) is 13.8 Å². The highest BCUT2D eigenvalue weighted by atomic mass is 79.9. The van der Waals surface area contributed by atoms with Crippen LogP contribution in [0.4, 0.5) is 0 Å². The summed E-state index contributed by atoms with van der Waals surface area (Å²) in [5, 5.41) is 3.50. The fourth-order valence-electron chi connectivity index (χ4n) is 3.02. The molecular weight excluding hydrogens is 426 g/mol. The van der Waals surface area contributed by atoms with Crippen molar-refractivity contribution in [3.63, 3.8) is 0 Å². The summed E-state index contributed by atoms with van der Waals surface area (Å²) in [5.74, 6) is 1.51. The van der Waals surface area contributed by atoms with E-state index in [1.54, 1.807) is 0 Å². The third-order valence-corrected chi connectivity index (χ3v) is 5.24. The topological polar surface area (TPSA) is 30.5 Å². The zero-order valence-electron chi connectivity index (χ0n) is 17.3. The van der Waals surface area contributed by atoms with Gasteiger partial charge in [-0.15, -0.1) is 0 Å². The van der Waals surface area contributed by atoms with Crippen LogP contribution in [0.1, 0.15) is 34.7 Å². The SMILES string of the molecule is CCOc1cc(CNCc2ccc(C)cc2)cc(Br)c1OCc1ccc(C)cc1. The maximum atomic E-state index is 6.09. The highest BCUT2D eigenvalue weighted by Crippen LogP contribution is 2.37. The van der Waals surface area contributed by atoms with Crippen LogP contribution in [-0.2, 0) is 19.7 Å². The van der Waals surface area contributed by atoms with Crippen LogP contribution in [0.25, 0.3) is 0 Å². The van der Waals surface area contributed by atoms with Gasteiger partial charge in [0.15, 0.2) is 11.5 Å². The molecule has 3 rings (SSSR count). The summed E-state index contributed by atoms with van der Waals surface area (Å²) in [6.07, 6.45) is 0. The van der Waals surface area contributed by atoms with E-state index >= 15 is 0 Å². The molecule has 0 spiro atoms. The minimum absolute atomic E-state index is 0.504. The number of hydrogen-bond donors (Lipinski definition) is 1. The maximum Gasteiger partial charge on any atom is 0.175 e. The molecule has 0 aliphatic heterocycles. The fourth-order valence-corrected chi connectivity index (χ4v) is 3.63. The molecule has 0 atom stereocenters. The van der Waals surface area contributed by atoms with Crippen LogP contribution in [-0.4, -0.2) is 6.61 Å². The first-order valence-corrected chi connectivity index (χ1v) is 10.7. The number of rotatable bonds is 9. The van der Waals surface area contributed by atoms with E-state index in [2.05, 4.69) is 95.8 Å². The molecule has 0 bridgehead atoms. The Hall–Kier alpha value is -2.30. The van der Waals surface area contributed by atoms with Gasteiger partial charge in [0.1, 0.15) is 6.61 Å². The van der Waals surface area contributed by atoms with E-state index in [0.29, 0.717) is 13.2 Å². The molecule has 152 valence electrons. The van der Waals surface area contributed by atoms with Gasteiger partial charge in [0, 0.05) is 13.1 Å². The summed E-state index contributed by atoms with van der Waals surface area (Å²) in [5.41, 5.74) is 6.08. The summed E-state index contributed by atoms with van der Waals surface area (Å²) < 4.78 is 12.9. The first-order valence-electron chi connectivity index (χ1n) is 9.95. The van der Waals surface area contributed by atoms with Gasteiger partial charge in [-0.1, -0.05) is 59.7 Å². The van der Waals surface area contributed by atoms with Crippen LogP contribution in [0.2, 0.25) is 0 Å². The summed E-state index contributed by atoms with van der Waals surface area (Å²) >= 11 is 3.67. The van der Waals surface area contributed by atoms with Gasteiger partial charge in [-0.05, 0) is 65.5 Å². The molecule has 4 heteroatoms. The van der Waals surface area contributed by atoms with E-state index in [1.807, 2.05) is 6.92 Å². The molecule has 0 saturated heterocycles. The van der Waals surface area contributed by atoms with Crippen LogP contribution in [0.3, 0.4) is 0 Å². The maximum absolute atomic E-state index is 6.09. The summed E-state index contributed by atoms with van der Waals surface area (Å²) in [6, 6.07) is 21.1. The van der Waals surface area contributed by atoms with Crippen LogP contribution >= 0.6 is 15.9 Å². The minimum Gasteiger partial charge on any atom is -0.490 e. The Morgan fingerprint density at radius 3 is 1.97 bits per heavy atom. The lowest BCUT2D eigenvalue weighted by Crippen LogP contribution is -2.13. The number of aryl methyl sites for hydroxylation is 2. The lowest BCUT2D eigenvalue weighted by molar-refractivity contribution is 0.267. The normalized spacial score (nSPS) is 10.8. The highest BCUT2D eigenvalue weighted by Gasteiger charge is 2.13. The van der Waals surface area contributed by atoms with Crippen molar-refractivity contribution in [1.82, 2.24) is 5.32 Å². The lowest BCUT2D eigenvalue weighted by atomic mass is 10.1. The molecule has 3 aromatic carbocycles. The van der Waals surface area contributed by atoms with Crippen molar-refractivity contribution in [2.24, 2.45) is 0 Å². The number of hydrogen-bond acceptors (Lipinski definition) is 3. The Kier molecular flexibility index (Phi) is 7.73. The lowest BCUT2D eigenvalue weighted by Gasteiger charge is -2.16. The molecule has 0 fully saturated rings. The summed E-state index contributed by atoms with van der Waals surface area (Å²) in [6.45, 7) is 8.85. The molecule has 0 saturated carbocycles. The molecule has 3 nitrogen and oxygen atoms in total. The van der Waals surface area contributed by atoms with E-state index in [9.17, 15) is 0 Å². The largest absolute Gasteiger partial charge is 0.490 e. The molecule has 0 aromatic heterocycles.